The number of alkyl halides is 2. The number of likely N-dealkylation sites (tertiary alicyclic amines) is 1. The molecule has 0 amide bonds. The number of hydrogen-bond donors (Lipinski definition) is 0. The largest absolute Gasteiger partial charge is 0.357 e. The third-order valence-electron chi connectivity index (χ3n) is 5.41. The number of piperidine rings is 1. The maximum absolute atomic E-state index is 12.6. The highest BCUT2D eigenvalue weighted by Gasteiger charge is 2.25. The standard InChI is InChI=1S/C18H25F2N7/c19-15(20)11-27-17(22-13-23-27)12-25-9-4-14(5-10-25)18-21-6-3-16(24-18)26-7-1-2-8-26/h3,6,13-15H,1-2,4-5,7-12H2. The molecule has 9 heteroatoms. The number of anilines is 1. The molecule has 0 saturated carbocycles. The van der Waals surface area contributed by atoms with Gasteiger partial charge in [0.25, 0.3) is 6.43 Å². The molecule has 0 unspecified atom stereocenters. The molecule has 2 saturated heterocycles. The smallest absolute Gasteiger partial charge is 0.257 e. The third kappa shape index (κ3) is 4.40. The summed E-state index contributed by atoms with van der Waals surface area (Å²) in [5, 5.41) is 3.91. The summed E-state index contributed by atoms with van der Waals surface area (Å²) in [6, 6.07) is 2.00. The minimum Gasteiger partial charge on any atom is -0.357 e. The molecule has 146 valence electrons. The van der Waals surface area contributed by atoms with Crippen molar-refractivity contribution in [2.75, 3.05) is 31.1 Å². The van der Waals surface area contributed by atoms with Crippen molar-refractivity contribution in [3.8, 4) is 0 Å². The molecule has 2 aromatic heterocycles. The van der Waals surface area contributed by atoms with Crippen molar-refractivity contribution < 1.29 is 8.78 Å². The Morgan fingerprint density at radius 2 is 1.85 bits per heavy atom. The van der Waals surface area contributed by atoms with Gasteiger partial charge in [0.05, 0.1) is 6.54 Å². The van der Waals surface area contributed by atoms with Crippen LogP contribution in [0.3, 0.4) is 0 Å². The zero-order valence-electron chi connectivity index (χ0n) is 15.3. The molecule has 0 aromatic carbocycles. The van der Waals surface area contributed by atoms with Crippen molar-refractivity contribution in [2.24, 2.45) is 0 Å². The van der Waals surface area contributed by atoms with Gasteiger partial charge in [-0.15, -0.1) is 0 Å². The number of halogens is 2. The highest BCUT2D eigenvalue weighted by atomic mass is 19.3. The van der Waals surface area contributed by atoms with Gasteiger partial charge in [-0.05, 0) is 44.8 Å². The maximum atomic E-state index is 12.6. The zero-order chi connectivity index (χ0) is 18.6. The second-order valence-electron chi connectivity index (χ2n) is 7.27. The van der Waals surface area contributed by atoms with Crippen LogP contribution in [0.1, 0.15) is 43.3 Å². The summed E-state index contributed by atoms with van der Waals surface area (Å²) in [7, 11) is 0. The first-order valence-electron chi connectivity index (χ1n) is 9.64. The fourth-order valence-corrected chi connectivity index (χ4v) is 3.93. The van der Waals surface area contributed by atoms with Gasteiger partial charge in [0, 0.05) is 25.2 Å². The second-order valence-corrected chi connectivity index (χ2v) is 7.27. The van der Waals surface area contributed by atoms with Crippen LogP contribution in [0.5, 0.6) is 0 Å². The number of nitrogens with zero attached hydrogens (tertiary/aromatic N) is 7. The third-order valence-corrected chi connectivity index (χ3v) is 5.41. The molecule has 0 atom stereocenters. The summed E-state index contributed by atoms with van der Waals surface area (Å²) >= 11 is 0. The van der Waals surface area contributed by atoms with Gasteiger partial charge in [0.15, 0.2) is 0 Å². The Labute approximate surface area is 157 Å². The topological polar surface area (TPSA) is 63.0 Å². The first kappa shape index (κ1) is 18.2. The van der Waals surface area contributed by atoms with E-state index < -0.39 is 13.0 Å². The molecule has 2 aliphatic rings. The lowest BCUT2D eigenvalue weighted by molar-refractivity contribution is 0.117. The predicted octanol–water partition coefficient (Wildman–Crippen LogP) is 2.31. The van der Waals surface area contributed by atoms with Crippen LogP contribution in [0.15, 0.2) is 18.6 Å². The molecule has 0 spiro atoms. The Kier molecular flexibility index (Phi) is 5.56. The lowest BCUT2D eigenvalue weighted by Crippen LogP contribution is -2.34. The van der Waals surface area contributed by atoms with E-state index in [4.69, 9.17) is 4.98 Å². The highest BCUT2D eigenvalue weighted by molar-refractivity contribution is 5.38. The summed E-state index contributed by atoms with van der Waals surface area (Å²) < 4.78 is 26.5. The molecular formula is C18H25F2N7. The van der Waals surface area contributed by atoms with Crippen molar-refractivity contribution >= 4 is 5.82 Å². The zero-order valence-corrected chi connectivity index (χ0v) is 15.3. The predicted molar refractivity (Wildman–Crippen MR) is 96.8 cm³/mol. The van der Waals surface area contributed by atoms with Crippen LogP contribution < -0.4 is 4.90 Å². The molecule has 0 aliphatic carbocycles. The van der Waals surface area contributed by atoms with E-state index in [0.29, 0.717) is 18.3 Å². The Morgan fingerprint density at radius 1 is 1.07 bits per heavy atom. The highest BCUT2D eigenvalue weighted by Crippen LogP contribution is 2.28. The lowest BCUT2D eigenvalue weighted by atomic mass is 9.96. The molecule has 7 nitrogen and oxygen atoms in total. The first-order chi connectivity index (χ1) is 13.2. The van der Waals surface area contributed by atoms with Crippen molar-refractivity contribution in [3.05, 3.63) is 30.2 Å². The Hall–Kier alpha value is -2.16. The van der Waals surface area contributed by atoms with Gasteiger partial charge in [-0.2, -0.15) is 5.10 Å². The molecule has 4 heterocycles. The average Bonchev–Trinajstić information content (AvgIpc) is 3.35. The van der Waals surface area contributed by atoms with Gasteiger partial charge in [-0.1, -0.05) is 0 Å². The molecule has 2 aromatic rings. The lowest BCUT2D eigenvalue weighted by Gasteiger charge is -2.31. The van der Waals surface area contributed by atoms with E-state index in [1.807, 2.05) is 12.3 Å². The molecule has 0 radical (unpaired) electrons. The van der Waals surface area contributed by atoms with Crippen molar-refractivity contribution in [3.63, 3.8) is 0 Å². The fraction of sp³-hybridized carbons (Fsp3) is 0.667. The van der Waals surface area contributed by atoms with E-state index in [2.05, 4.69) is 24.9 Å². The minimum absolute atomic E-state index is 0.350. The molecule has 0 bridgehead atoms. The van der Waals surface area contributed by atoms with Gasteiger partial charge in [0.1, 0.15) is 30.3 Å². The second kappa shape index (κ2) is 8.24. The summed E-state index contributed by atoms with van der Waals surface area (Å²) in [6.45, 7) is 4.06. The van der Waals surface area contributed by atoms with Crippen LogP contribution in [-0.2, 0) is 13.1 Å². The molecule has 2 aliphatic heterocycles. The maximum Gasteiger partial charge on any atom is 0.257 e. The molecule has 4 rings (SSSR count). The van der Waals surface area contributed by atoms with Crippen LogP contribution in [-0.4, -0.2) is 62.2 Å². The Bertz CT molecular complexity index is 737. The Morgan fingerprint density at radius 3 is 2.59 bits per heavy atom. The van der Waals surface area contributed by atoms with Crippen LogP contribution in [0.4, 0.5) is 14.6 Å². The van der Waals surface area contributed by atoms with Crippen LogP contribution >= 0.6 is 0 Å². The van der Waals surface area contributed by atoms with Crippen LogP contribution in [0.2, 0.25) is 0 Å². The quantitative estimate of drug-likeness (QED) is 0.770. The molecule has 27 heavy (non-hydrogen) atoms. The van der Waals surface area contributed by atoms with Crippen molar-refractivity contribution in [1.82, 2.24) is 29.6 Å². The van der Waals surface area contributed by atoms with Gasteiger partial charge < -0.3 is 4.90 Å². The van der Waals surface area contributed by atoms with Crippen LogP contribution in [0.25, 0.3) is 0 Å². The van der Waals surface area contributed by atoms with Crippen molar-refractivity contribution in [2.45, 2.75) is 51.1 Å². The van der Waals surface area contributed by atoms with E-state index in [-0.39, 0.29) is 0 Å². The number of rotatable bonds is 6. The summed E-state index contributed by atoms with van der Waals surface area (Å²) in [5.74, 6) is 2.92. The SMILES string of the molecule is FC(F)Cn1ncnc1CN1CCC(c2nccc(N3CCCC3)n2)CC1. The summed E-state index contributed by atoms with van der Waals surface area (Å²) in [5.41, 5.74) is 0. The number of hydrogen-bond acceptors (Lipinski definition) is 6. The number of aromatic nitrogens is 5. The van der Waals surface area contributed by atoms with E-state index in [1.165, 1.54) is 23.9 Å². The average molecular weight is 377 g/mol. The Balaban J connectivity index is 1.34. The van der Waals surface area contributed by atoms with E-state index >= 15 is 0 Å². The monoisotopic (exact) mass is 377 g/mol. The molecule has 2 fully saturated rings. The van der Waals surface area contributed by atoms with Crippen molar-refractivity contribution in [1.29, 1.82) is 0 Å². The van der Waals surface area contributed by atoms with Gasteiger partial charge in [-0.3, -0.25) is 4.90 Å². The fourth-order valence-electron chi connectivity index (χ4n) is 3.93. The summed E-state index contributed by atoms with van der Waals surface area (Å²) in [6.07, 6.45) is 5.19. The summed E-state index contributed by atoms with van der Waals surface area (Å²) in [4.78, 5) is 18.0. The first-order valence-corrected chi connectivity index (χ1v) is 9.64. The van der Waals surface area contributed by atoms with E-state index in [1.54, 1.807) is 0 Å². The van der Waals surface area contributed by atoms with Gasteiger partial charge >= 0.3 is 0 Å². The van der Waals surface area contributed by atoms with Crippen LogP contribution in [0, 0.1) is 0 Å². The molecular weight excluding hydrogens is 352 g/mol. The molecule has 0 N–H and O–H groups in total. The normalized spacial score (nSPS) is 19.3. The van der Waals surface area contributed by atoms with E-state index in [0.717, 1.165) is 50.7 Å². The minimum atomic E-state index is -2.42. The van der Waals surface area contributed by atoms with E-state index in [9.17, 15) is 8.78 Å². The van der Waals surface area contributed by atoms with Gasteiger partial charge in [0.2, 0.25) is 0 Å². The van der Waals surface area contributed by atoms with Gasteiger partial charge in [-0.25, -0.2) is 28.4 Å².